The minimum atomic E-state index is -0.570. The van der Waals surface area contributed by atoms with E-state index in [4.69, 9.17) is 11.2 Å². The Morgan fingerprint density at radius 1 is 1.42 bits per heavy atom. The second-order valence-electron chi connectivity index (χ2n) is 5.20. The molecular weight excluding hydrogens is 245 g/mol. The van der Waals surface area contributed by atoms with Crippen molar-refractivity contribution in [2.75, 3.05) is 0 Å². The molecule has 1 aromatic carbocycles. The predicted molar refractivity (Wildman–Crippen MR) is 72.1 cm³/mol. The molecule has 1 amide bonds. The third kappa shape index (κ3) is 5.91. The third-order valence-corrected chi connectivity index (χ3v) is 2.25. The maximum absolute atomic E-state index is 12.8. The molecule has 0 saturated heterocycles. The lowest BCUT2D eigenvalue weighted by Crippen LogP contribution is -2.39. The van der Waals surface area contributed by atoms with Crippen LogP contribution in [0.2, 0.25) is 0 Å². The smallest absolute Gasteiger partial charge is 0.408 e. The molecule has 0 fully saturated rings. The Morgan fingerprint density at radius 2 is 2.00 bits per heavy atom. The van der Waals surface area contributed by atoms with Crippen LogP contribution < -0.4 is 5.32 Å². The largest absolute Gasteiger partial charge is 0.444 e. The van der Waals surface area contributed by atoms with Gasteiger partial charge in [0.05, 0.1) is 6.04 Å². The molecule has 1 unspecified atom stereocenters. The molecule has 0 aliphatic rings. The van der Waals surface area contributed by atoms with Crippen LogP contribution in [0.15, 0.2) is 24.3 Å². The summed E-state index contributed by atoms with van der Waals surface area (Å²) in [5, 5.41) is 2.60. The summed E-state index contributed by atoms with van der Waals surface area (Å²) in [6.45, 7) is 5.33. The van der Waals surface area contributed by atoms with Gasteiger partial charge >= 0.3 is 6.09 Å². The summed E-state index contributed by atoms with van der Waals surface area (Å²) in [4.78, 5) is 11.6. The molecule has 3 nitrogen and oxygen atoms in total. The van der Waals surface area contributed by atoms with E-state index in [0.717, 1.165) is 5.56 Å². The molecule has 0 saturated carbocycles. The minimum absolute atomic E-state index is 0.305. The van der Waals surface area contributed by atoms with Crippen LogP contribution in [0.25, 0.3) is 0 Å². The number of hydrogen-bond acceptors (Lipinski definition) is 2. The first kappa shape index (κ1) is 15.0. The molecule has 1 N–H and O–H groups in total. The van der Waals surface area contributed by atoms with Crippen LogP contribution in [-0.2, 0) is 11.2 Å². The third-order valence-electron chi connectivity index (χ3n) is 2.25. The molecule has 0 heterocycles. The Bertz CT molecular complexity index is 468. The Morgan fingerprint density at radius 3 is 2.47 bits per heavy atom. The molecule has 4 heteroatoms. The van der Waals surface area contributed by atoms with Crippen LogP contribution in [0.1, 0.15) is 26.3 Å². The summed E-state index contributed by atoms with van der Waals surface area (Å²) in [5.41, 5.74) is 0.277. The lowest BCUT2D eigenvalue weighted by atomic mass is 10.1. The second kappa shape index (κ2) is 6.24. The molecule has 0 bridgehead atoms. The van der Waals surface area contributed by atoms with Gasteiger partial charge in [-0.1, -0.05) is 18.1 Å². The lowest BCUT2D eigenvalue weighted by molar-refractivity contribution is 0.0516. The number of ether oxygens (including phenoxy) is 1. The zero-order valence-electron chi connectivity index (χ0n) is 11.4. The number of carbonyl (C=O) groups is 1. The van der Waals surface area contributed by atoms with Crippen LogP contribution in [0.4, 0.5) is 9.18 Å². The number of terminal acetylenes is 1. The Hall–Kier alpha value is -2.02. The van der Waals surface area contributed by atoms with E-state index in [2.05, 4.69) is 11.2 Å². The van der Waals surface area contributed by atoms with Crippen LogP contribution in [0, 0.1) is 18.2 Å². The predicted octanol–water partition coefficient (Wildman–Crippen LogP) is 2.89. The number of benzene rings is 1. The molecule has 0 radical (unpaired) electrons. The quantitative estimate of drug-likeness (QED) is 0.852. The number of carbonyl (C=O) groups excluding carboxylic acids is 1. The average Bonchev–Trinajstić information content (AvgIpc) is 2.28. The van der Waals surface area contributed by atoms with Crippen molar-refractivity contribution < 1.29 is 13.9 Å². The van der Waals surface area contributed by atoms with E-state index in [-0.39, 0.29) is 5.82 Å². The van der Waals surface area contributed by atoms with E-state index in [1.54, 1.807) is 32.9 Å². The number of alkyl carbamates (subject to hydrolysis) is 1. The van der Waals surface area contributed by atoms with Crippen LogP contribution in [0.3, 0.4) is 0 Å². The first-order chi connectivity index (χ1) is 8.80. The summed E-state index contributed by atoms with van der Waals surface area (Å²) < 4.78 is 17.9. The molecular formula is C15H18FNO2. The lowest BCUT2D eigenvalue weighted by Gasteiger charge is -2.21. The van der Waals surface area contributed by atoms with Gasteiger partial charge in [-0.3, -0.25) is 0 Å². The van der Waals surface area contributed by atoms with E-state index in [0.29, 0.717) is 6.42 Å². The van der Waals surface area contributed by atoms with Gasteiger partial charge in [-0.25, -0.2) is 9.18 Å². The van der Waals surface area contributed by atoms with E-state index in [1.165, 1.54) is 12.1 Å². The molecule has 0 aromatic heterocycles. The average molecular weight is 263 g/mol. The maximum atomic E-state index is 12.8. The molecule has 0 aliphatic carbocycles. The highest BCUT2D eigenvalue weighted by molar-refractivity contribution is 5.68. The van der Waals surface area contributed by atoms with Gasteiger partial charge in [0.2, 0.25) is 0 Å². The minimum Gasteiger partial charge on any atom is -0.444 e. The number of nitrogens with one attached hydrogen (secondary N) is 1. The van der Waals surface area contributed by atoms with Crippen molar-refractivity contribution in [1.82, 2.24) is 5.32 Å². The van der Waals surface area contributed by atoms with Gasteiger partial charge in [-0.05, 0) is 38.5 Å². The van der Waals surface area contributed by atoms with Gasteiger partial charge in [-0.2, -0.15) is 0 Å². The highest BCUT2D eigenvalue weighted by atomic mass is 19.1. The van der Waals surface area contributed by atoms with Gasteiger partial charge in [-0.15, -0.1) is 6.42 Å². The van der Waals surface area contributed by atoms with Crippen LogP contribution in [0.5, 0.6) is 0 Å². The van der Waals surface area contributed by atoms with E-state index < -0.39 is 17.7 Å². The fourth-order valence-corrected chi connectivity index (χ4v) is 1.46. The molecule has 1 aromatic rings. The van der Waals surface area contributed by atoms with Gasteiger partial charge in [0.25, 0.3) is 0 Å². The molecule has 0 aliphatic heterocycles. The highest BCUT2D eigenvalue weighted by Crippen LogP contribution is 2.09. The van der Waals surface area contributed by atoms with Gasteiger partial charge < -0.3 is 10.1 Å². The maximum Gasteiger partial charge on any atom is 0.408 e. The second-order valence-corrected chi connectivity index (χ2v) is 5.20. The Balaban J connectivity index is 2.57. The highest BCUT2D eigenvalue weighted by Gasteiger charge is 2.18. The fourth-order valence-electron chi connectivity index (χ4n) is 1.46. The molecule has 19 heavy (non-hydrogen) atoms. The van der Waals surface area contributed by atoms with E-state index in [1.807, 2.05) is 0 Å². The van der Waals surface area contributed by atoms with Crippen molar-refractivity contribution >= 4 is 6.09 Å². The zero-order chi connectivity index (χ0) is 14.5. The van der Waals surface area contributed by atoms with Crippen molar-refractivity contribution in [3.05, 3.63) is 35.6 Å². The summed E-state index contributed by atoms with van der Waals surface area (Å²) in [7, 11) is 0. The molecule has 0 spiro atoms. The van der Waals surface area contributed by atoms with Crippen molar-refractivity contribution in [2.45, 2.75) is 38.8 Å². The number of rotatable bonds is 3. The SMILES string of the molecule is C#CC(Cc1ccc(F)cc1)NC(=O)OC(C)(C)C. The standard InChI is InChI=1S/C15H18FNO2/c1-5-13(17-14(18)19-15(2,3)4)10-11-6-8-12(16)9-7-11/h1,6-9,13H,10H2,2-4H3,(H,17,18). The Kier molecular flexibility index (Phi) is 4.94. The number of hydrogen-bond donors (Lipinski definition) is 1. The normalized spacial score (nSPS) is 12.4. The van der Waals surface area contributed by atoms with Crippen LogP contribution in [-0.4, -0.2) is 17.7 Å². The van der Waals surface area contributed by atoms with Crippen molar-refractivity contribution in [2.24, 2.45) is 0 Å². The molecule has 1 atom stereocenters. The summed E-state index contributed by atoms with van der Waals surface area (Å²) in [6.07, 6.45) is 5.24. The molecule has 1 rings (SSSR count). The molecule has 102 valence electrons. The van der Waals surface area contributed by atoms with E-state index >= 15 is 0 Å². The fraction of sp³-hybridized carbons (Fsp3) is 0.400. The first-order valence-corrected chi connectivity index (χ1v) is 6.00. The van der Waals surface area contributed by atoms with Gasteiger partial charge in [0.1, 0.15) is 11.4 Å². The number of amides is 1. The summed E-state index contributed by atoms with van der Waals surface area (Å²) >= 11 is 0. The van der Waals surface area contributed by atoms with Crippen molar-refractivity contribution in [3.63, 3.8) is 0 Å². The summed E-state index contributed by atoms with van der Waals surface area (Å²) in [5.74, 6) is 2.17. The first-order valence-electron chi connectivity index (χ1n) is 6.00. The topological polar surface area (TPSA) is 38.3 Å². The van der Waals surface area contributed by atoms with Crippen LogP contribution >= 0.6 is 0 Å². The zero-order valence-corrected chi connectivity index (χ0v) is 11.4. The van der Waals surface area contributed by atoms with Gasteiger partial charge in [0.15, 0.2) is 0 Å². The monoisotopic (exact) mass is 263 g/mol. The summed E-state index contributed by atoms with van der Waals surface area (Å²) in [6, 6.07) is 5.50. The van der Waals surface area contributed by atoms with Crippen molar-refractivity contribution in [1.29, 1.82) is 0 Å². The Labute approximate surface area is 113 Å². The van der Waals surface area contributed by atoms with E-state index in [9.17, 15) is 9.18 Å². The van der Waals surface area contributed by atoms with Crippen molar-refractivity contribution in [3.8, 4) is 12.3 Å². The number of halogens is 1. The van der Waals surface area contributed by atoms with Gasteiger partial charge in [0, 0.05) is 6.42 Å².